The van der Waals surface area contributed by atoms with E-state index in [0.717, 1.165) is 5.92 Å². The van der Waals surface area contributed by atoms with Crippen molar-refractivity contribution in [2.45, 2.75) is 85.5 Å². The fourth-order valence-electron chi connectivity index (χ4n) is 3.87. The molecular formula is C24H38F6N2O. The monoisotopic (exact) mass is 484 g/mol. The second-order valence-corrected chi connectivity index (χ2v) is 8.13. The van der Waals surface area contributed by atoms with E-state index in [4.69, 9.17) is 5.73 Å². The normalized spacial score (nSPS) is 17.1. The summed E-state index contributed by atoms with van der Waals surface area (Å²) in [6.45, 7) is 4.72. The van der Waals surface area contributed by atoms with Crippen molar-refractivity contribution in [3.8, 4) is 0 Å². The molecule has 0 spiro atoms. The number of nitrogens with zero attached hydrogens (tertiary/aromatic N) is 1. The molecule has 9 heteroatoms. The minimum atomic E-state index is -4.13. The Morgan fingerprint density at radius 1 is 1.00 bits per heavy atom. The Hall–Kier alpha value is -1.93. The number of piperidine rings is 1. The van der Waals surface area contributed by atoms with Crippen molar-refractivity contribution in [1.29, 1.82) is 0 Å². The number of nitrogen functional groups attached to an aromatic ring is 1. The molecule has 1 aromatic carbocycles. The highest BCUT2D eigenvalue weighted by atomic mass is 19.4. The molecule has 192 valence electrons. The second-order valence-electron chi connectivity index (χ2n) is 8.13. The maximum Gasteiger partial charge on any atom is 0.391 e. The number of Topliss-reactive ketones (excluding diaryl/α,β-unsaturated/α-hetero) is 1. The molecule has 1 aromatic rings. The highest BCUT2D eigenvalue weighted by Crippen LogP contribution is 2.36. The summed E-state index contributed by atoms with van der Waals surface area (Å²) in [4.78, 5) is 13.5. The average Bonchev–Trinajstić information content (AvgIpc) is 2.75. The number of halogens is 6. The van der Waals surface area contributed by atoms with Crippen molar-refractivity contribution in [3.05, 3.63) is 23.8 Å². The topological polar surface area (TPSA) is 46.3 Å². The van der Waals surface area contributed by atoms with Crippen LogP contribution in [0.3, 0.4) is 0 Å². The summed E-state index contributed by atoms with van der Waals surface area (Å²) >= 11 is 0. The zero-order valence-corrected chi connectivity index (χ0v) is 20.0. The maximum atomic E-state index is 12.6. The van der Waals surface area contributed by atoms with Crippen molar-refractivity contribution in [2.75, 3.05) is 23.7 Å². The smallest absolute Gasteiger partial charge is 0.391 e. The average molecular weight is 485 g/mol. The van der Waals surface area contributed by atoms with Crippen molar-refractivity contribution < 1.29 is 31.1 Å². The summed E-state index contributed by atoms with van der Waals surface area (Å²) in [5, 5.41) is 0. The first-order valence-corrected chi connectivity index (χ1v) is 11.6. The molecule has 1 aliphatic heterocycles. The van der Waals surface area contributed by atoms with Gasteiger partial charge in [0.15, 0.2) is 5.78 Å². The van der Waals surface area contributed by atoms with Crippen LogP contribution in [0.1, 0.15) is 83.0 Å². The number of alkyl halides is 6. The zero-order valence-electron chi connectivity index (χ0n) is 20.0. The number of benzene rings is 1. The predicted molar refractivity (Wildman–Crippen MR) is 123 cm³/mol. The summed E-state index contributed by atoms with van der Waals surface area (Å²) in [7, 11) is 0. The summed E-state index contributed by atoms with van der Waals surface area (Å²) in [6, 6.07) is 4.95. The number of anilines is 2. The maximum absolute atomic E-state index is 12.6. The van der Waals surface area contributed by atoms with Gasteiger partial charge in [0, 0.05) is 30.0 Å². The molecule has 0 radical (unpaired) electrons. The number of nitrogens with two attached hydrogens (primary N) is 1. The molecule has 0 bridgehead atoms. The molecule has 1 saturated heterocycles. The molecule has 1 heterocycles. The van der Waals surface area contributed by atoms with Crippen molar-refractivity contribution in [1.82, 2.24) is 0 Å². The molecule has 0 atom stereocenters. The van der Waals surface area contributed by atoms with Crippen LogP contribution >= 0.6 is 0 Å². The largest absolute Gasteiger partial charge is 0.399 e. The number of ketones is 1. The fourth-order valence-corrected chi connectivity index (χ4v) is 3.87. The van der Waals surface area contributed by atoms with Gasteiger partial charge in [-0.25, -0.2) is 0 Å². The Labute approximate surface area is 193 Å². The molecular weight excluding hydrogens is 446 g/mol. The van der Waals surface area contributed by atoms with E-state index < -0.39 is 18.8 Å². The number of rotatable bonds is 2. The number of carbonyl (C=O) groups is 1. The standard InChI is InChI=1S/C14H17F3N2O.C7H14.C2H6.CHF3/c1-9(20)12-8-11(18)2-3-13(12)19-6-4-10(5-7-19)14(15,16)17;1-7-5-3-2-4-6-7;1-2;2-1(3)4/h2-3,8,10H,4-7,18H2,1H3;7H,2-6H2,1H3;1-2H3;1H. The first-order chi connectivity index (χ1) is 15.4. The van der Waals surface area contributed by atoms with E-state index in [1.165, 1.54) is 39.0 Å². The summed E-state index contributed by atoms with van der Waals surface area (Å²) < 4.78 is 66.9. The molecule has 33 heavy (non-hydrogen) atoms. The van der Waals surface area contributed by atoms with Gasteiger partial charge in [0.25, 0.3) is 0 Å². The van der Waals surface area contributed by atoms with E-state index in [1.54, 1.807) is 18.2 Å². The Kier molecular flexibility index (Phi) is 14.9. The Bertz CT molecular complexity index is 665. The van der Waals surface area contributed by atoms with Crippen LogP contribution in [0.15, 0.2) is 18.2 Å². The molecule has 1 aliphatic carbocycles. The lowest BCUT2D eigenvalue weighted by Gasteiger charge is -2.35. The third-order valence-corrected chi connectivity index (χ3v) is 5.59. The molecule has 1 saturated carbocycles. The van der Waals surface area contributed by atoms with Gasteiger partial charge in [0.2, 0.25) is 0 Å². The van der Waals surface area contributed by atoms with E-state index in [2.05, 4.69) is 6.92 Å². The van der Waals surface area contributed by atoms with Crippen LogP contribution in [0.25, 0.3) is 0 Å². The van der Waals surface area contributed by atoms with Gasteiger partial charge >= 0.3 is 12.9 Å². The molecule has 2 aliphatic rings. The van der Waals surface area contributed by atoms with Crippen molar-refractivity contribution in [2.24, 2.45) is 11.8 Å². The van der Waals surface area contributed by atoms with E-state index in [1.807, 2.05) is 18.7 Å². The molecule has 2 fully saturated rings. The van der Waals surface area contributed by atoms with E-state index >= 15 is 0 Å². The van der Waals surface area contributed by atoms with E-state index in [0.29, 0.717) is 30.0 Å². The fraction of sp³-hybridized carbons (Fsp3) is 0.708. The lowest BCUT2D eigenvalue weighted by molar-refractivity contribution is -0.179. The van der Waals surface area contributed by atoms with Crippen molar-refractivity contribution in [3.63, 3.8) is 0 Å². The highest BCUT2D eigenvalue weighted by Gasteiger charge is 2.41. The lowest BCUT2D eigenvalue weighted by atomic mass is 9.91. The quantitative estimate of drug-likeness (QED) is 0.262. The molecule has 3 rings (SSSR count). The molecule has 2 N–H and O–H groups in total. The first kappa shape index (κ1) is 31.1. The van der Waals surface area contributed by atoms with Gasteiger partial charge in [0.05, 0.1) is 5.92 Å². The third-order valence-electron chi connectivity index (χ3n) is 5.59. The number of hydrogen-bond acceptors (Lipinski definition) is 3. The molecule has 0 unspecified atom stereocenters. The van der Waals surface area contributed by atoms with Crippen LogP contribution in [0, 0.1) is 11.8 Å². The predicted octanol–water partition coefficient (Wildman–Crippen LogP) is 8.04. The minimum absolute atomic E-state index is 0.0607. The van der Waals surface area contributed by atoms with Gasteiger partial charge in [0.1, 0.15) is 0 Å². The Morgan fingerprint density at radius 3 is 1.85 bits per heavy atom. The van der Waals surface area contributed by atoms with Crippen LogP contribution in [0.2, 0.25) is 0 Å². The Morgan fingerprint density at radius 2 is 1.48 bits per heavy atom. The molecule has 0 amide bonds. The molecule has 3 nitrogen and oxygen atoms in total. The zero-order chi connectivity index (χ0) is 25.6. The summed E-state index contributed by atoms with van der Waals surface area (Å²) in [5.41, 5.74) is 7.27. The number of hydrogen-bond donors (Lipinski definition) is 1. The van der Waals surface area contributed by atoms with Crippen LogP contribution in [-0.4, -0.2) is 31.7 Å². The third kappa shape index (κ3) is 12.8. The SMILES string of the molecule is CC.CC(=O)c1cc(N)ccc1N1CCC(C(F)(F)F)CC1.CC1CCCCC1.FC(F)F. The Balaban J connectivity index is 0.000000647. The van der Waals surface area contributed by atoms with Gasteiger partial charge in [-0.15, -0.1) is 0 Å². The summed E-state index contributed by atoms with van der Waals surface area (Å²) in [5.74, 6) is -0.340. The van der Waals surface area contributed by atoms with Crippen LogP contribution in [0.4, 0.5) is 37.7 Å². The van der Waals surface area contributed by atoms with Gasteiger partial charge in [-0.1, -0.05) is 52.9 Å². The highest BCUT2D eigenvalue weighted by molar-refractivity contribution is 6.00. The van der Waals surface area contributed by atoms with Crippen LogP contribution < -0.4 is 10.6 Å². The van der Waals surface area contributed by atoms with E-state index in [9.17, 15) is 31.1 Å². The van der Waals surface area contributed by atoms with Gasteiger partial charge in [-0.2, -0.15) is 26.3 Å². The minimum Gasteiger partial charge on any atom is -0.399 e. The second kappa shape index (κ2) is 15.8. The van der Waals surface area contributed by atoms with Crippen LogP contribution in [0.5, 0.6) is 0 Å². The van der Waals surface area contributed by atoms with Crippen molar-refractivity contribution >= 4 is 17.2 Å². The van der Waals surface area contributed by atoms with Gasteiger partial charge < -0.3 is 10.6 Å². The van der Waals surface area contributed by atoms with Gasteiger partial charge in [-0.3, -0.25) is 4.79 Å². The lowest BCUT2D eigenvalue weighted by Crippen LogP contribution is -2.39. The first-order valence-electron chi connectivity index (χ1n) is 11.6. The summed E-state index contributed by atoms with van der Waals surface area (Å²) in [6.07, 6.45) is 3.43. The van der Waals surface area contributed by atoms with Crippen LogP contribution in [-0.2, 0) is 0 Å². The number of carbonyl (C=O) groups excluding carboxylic acids is 1. The van der Waals surface area contributed by atoms with Gasteiger partial charge in [-0.05, 0) is 43.9 Å². The molecule has 0 aromatic heterocycles. The van der Waals surface area contributed by atoms with E-state index in [-0.39, 0.29) is 18.6 Å².